The van der Waals surface area contributed by atoms with E-state index in [1.165, 1.54) is 4.90 Å². The predicted octanol–water partition coefficient (Wildman–Crippen LogP) is 2.07. The lowest BCUT2D eigenvalue weighted by Crippen LogP contribution is -2.50. The molecular formula is C13H20F2N2O3. The Morgan fingerprint density at radius 2 is 1.85 bits per heavy atom. The van der Waals surface area contributed by atoms with E-state index in [0.717, 1.165) is 0 Å². The van der Waals surface area contributed by atoms with Crippen LogP contribution in [-0.2, 0) is 4.79 Å². The minimum atomic E-state index is -2.61. The zero-order chi connectivity index (χ0) is 14.8. The molecule has 1 aliphatic heterocycles. The zero-order valence-corrected chi connectivity index (χ0v) is 11.3. The molecule has 5 nitrogen and oxygen atoms in total. The molecule has 1 atom stereocenters. The van der Waals surface area contributed by atoms with Crippen molar-refractivity contribution in [3.05, 3.63) is 0 Å². The second-order valence-corrected chi connectivity index (χ2v) is 5.70. The van der Waals surface area contributed by atoms with Gasteiger partial charge in [0.1, 0.15) is 0 Å². The third kappa shape index (κ3) is 3.80. The van der Waals surface area contributed by atoms with Crippen LogP contribution in [0, 0.1) is 5.92 Å². The molecule has 0 aromatic heterocycles. The Hall–Kier alpha value is -1.40. The smallest absolute Gasteiger partial charge is 0.317 e. The Bertz CT molecular complexity index is 380. The number of amides is 2. The van der Waals surface area contributed by atoms with Gasteiger partial charge in [0.2, 0.25) is 5.92 Å². The summed E-state index contributed by atoms with van der Waals surface area (Å²) in [6.07, 6.45) is 1.39. The van der Waals surface area contributed by atoms with Crippen LogP contribution in [0.1, 0.15) is 38.5 Å². The van der Waals surface area contributed by atoms with E-state index in [2.05, 4.69) is 5.32 Å². The molecule has 2 fully saturated rings. The number of piperidine rings is 1. The zero-order valence-electron chi connectivity index (χ0n) is 11.3. The fourth-order valence-electron chi connectivity index (χ4n) is 2.81. The maximum Gasteiger partial charge on any atom is 0.317 e. The lowest BCUT2D eigenvalue weighted by Gasteiger charge is -2.34. The molecule has 2 rings (SSSR count). The number of urea groups is 1. The van der Waals surface area contributed by atoms with Crippen molar-refractivity contribution in [2.75, 3.05) is 13.1 Å². The Labute approximate surface area is 116 Å². The number of hydrogen-bond donors (Lipinski definition) is 2. The van der Waals surface area contributed by atoms with Crippen molar-refractivity contribution in [2.24, 2.45) is 5.92 Å². The van der Waals surface area contributed by atoms with Crippen molar-refractivity contribution in [3.63, 3.8) is 0 Å². The number of nitrogens with zero attached hydrogens (tertiary/aromatic N) is 1. The van der Waals surface area contributed by atoms with E-state index >= 15 is 0 Å². The second kappa shape index (κ2) is 5.93. The summed E-state index contributed by atoms with van der Waals surface area (Å²) < 4.78 is 26.0. The molecule has 2 amide bonds. The number of hydrogen-bond acceptors (Lipinski definition) is 2. The van der Waals surface area contributed by atoms with Crippen LogP contribution in [0.2, 0.25) is 0 Å². The summed E-state index contributed by atoms with van der Waals surface area (Å²) in [4.78, 5) is 24.5. The summed E-state index contributed by atoms with van der Waals surface area (Å²) in [5.41, 5.74) is 0. The average Bonchev–Trinajstić information content (AvgIpc) is 2.41. The molecule has 2 N–H and O–H groups in total. The van der Waals surface area contributed by atoms with Crippen molar-refractivity contribution >= 4 is 12.0 Å². The topological polar surface area (TPSA) is 69.6 Å². The molecule has 20 heavy (non-hydrogen) atoms. The summed E-state index contributed by atoms with van der Waals surface area (Å²) in [6, 6.07) is -0.557. The number of rotatable bonds is 2. The first-order valence-electron chi connectivity index (χ1n) is 7.03. The predicted molar refractivity (Wildman–Crippen MR) is 67.7 cm³/mol. The van der Waals surface area contributed by atoms with Gasteiger partial charge in [-0.25, -0.2) is 13.6 Å². The van der Waals surface area contributed by atoms with Gasteiger partial charge in [-0.05, 0) is 25.7 Å². The number of likely N-dealkylation sites (tertiary alicyclic amines) is 1. The lowest BCUT2D eigenvalue weighted by molar-refractivity contribution is -0.143. The Morgan fingerprint density at radius 3 is 2.45 bits per heavy atom. The lowest BCUT2D eigenvalue weighted by atomic mass is 9.92. The largest absolute Gasteiger partial charge is 0.481 e. The molecule has 1 unspecified atom stereocenters. The number of carbonyl (C=O) groups is 2. The van der Waals surface area contributed by atoms with Crippen molar-refractivity contribution in [3.8, 4) is 0 Å². The molecule has 0 spiro atoms. The first-order chi connectivity index (χ1) is 9.37. The number of nitrogens with one attached hydrogen (secondary N) is 1. The van der Waals surface area contributed by atoms with E-state index in [-0.39, 0.29) is 44.3 Å². The minimum absolute atomic E-state index is 0.198. The fourth-order valence-corrected chi connectivity index (χ4v) is 2.81. The van der Waals surface area contributed by atoms with Gasteiger partial charge in [-0.1, -0.05) is 0 Å². The summed E-state index contributed by atoms with van der Waals surface area (Å²) in [5.74, 6) is -4.02. The molecule has 2 aliphatic rings. The maximum absolute atomic E-state index is 13.0. The van der Waals surface area contributed by atoms with Crippen LogP contribution >= 0.6 is 0 Å². The quantitative estimate of drug-likeness (QED) is 0.818. The Balaban J connectivity index is 1.81. The molecular weight excluding hydrogens is 270 g/mol. The van der Waals surface area contributed by atoms with Crippen LogP contribution in [0.25, 0.3) is 0 Å². The molecule has 7 heteroatoms. The van der Waals surface area contributed by atoms with E-state index in [0.29, 0.717) is 19.4 Å². The summed E-state index contributed by atoms with van der Waals surface area (Å²) >= 11 is 0. The number of carboxylic acid groups (broad SMARTS) is 1. The van der Waals surface area contributed by atoms with Crippen molar-refractivity contribution in [1.29, 1.82) is 0 Å². The monoisotopic (exact) mass is 290 g/mol. The van der Waals surface area contributed by atoms with Gasteiger partial charge in [0.05, 0.1) is 5.92 Å². The van der Waals surface area contributed by atoms with Crippen LogP contribution in [0.5, 0.6) is 0 Å². The standard InChI is InChI=1S/C13H20F2N2O3/c14-13(15)5-3-10(4-6-13)16-12(20)17-7-1-2-9(8-17)11(18)19/h9-10H,1-8H2,(H,16,20)(H,18,19). The highest BCUT2D eigenvalue weighted by Gasteiger charge is 2.36. The number of aliphatic carboxylic acids is 1. The molecule has 0 aromatic carbocycles. The SMILES string of the molecule is O=C(O)C1CCCN(C(=O)NC2CCC(F)(F)CC2)C1. The normalized spacial score (nSPS) is 27.1. The minimum Gasteiger partial charge on any atom is -0.481 e. The molecule has 114 valence electrons. The third-order valence-corrected chi connectivity index (χ3v) is 4.10. The highest BCUT2D eigenvalue weighted by Crippen LogP contribution is 2.33. The van der Waals surface area contributed by atoms with Gasteiger partial charge < -0.3 is 15.3 Å². The molecule has 0 bridgehead atoms. The van der Waals surface area contributed by atoms with E-state index in [1.807, 2.05) is 0 Å². The van der Waals surface area contributed by atoms with Gasteiger partial charge in [-0.2, -0.15) is 0 Å². The van der Waals surface area contributed by atoms with Crippen molar-refractivity contribution in [1.82, 2.24) is 10.2 Å². The number of halogens is 2. The van der Waals surface area contributed by atoms with Crippen molar-refractivity contribution in [2.45, 2.75) is 50.5 Å². The van der Waals surface area contributed by atoms with E-state index < -0.39 is 17.8 Å². The van der Waals surface area contributed by atoms with Gasteiger partial charge in [0, 0.05) is 32.0 Å². The van der Waals surface area contributed by atoms with Gasteiger partial charge in [-0.15, -0.1) is 0 Å². The van der Waals surface area contributed by atoms with Gasteiger partial charge in [0.25, 0.3) is 0 Å². The molecule has 1 saturated heterocycles. The molecule has 1 saturated carbocycles. The van der Waals surface area contributed by atoms with Crippen LogP contribution in [0.3, 0.4) is 0 Å². The van der Waals surface area contributed by atoms with Gasteiger partial charge in [0.15, 0.2) is 0 Å². The third-order valence-electron chi connectivity index (χ3n) is 4.10. The number of carboxylic acids is 1. The summed E-state index contributed by atoms with van der Waals surface area (Å²) in [5, 5.41) is 11.7. The van der Waals surface area contributed by atoms with E-state index in [1.54, 1.807) is 0 Å². The highest BCUT2D eigenvalue weighted by molar-refractivity contribution is 5.76. The summed E-state index contributed by atoms with van der Waals surface area (Å²) in [6.45, 7) is 0.725. The maximum atomic E-state index is 13.0. The van der Waals surface area contributed by atoms with E-state index in [4.69, 9.17) is 5.11 Å². The Morgan fingerprint density at radius 1 is 1.20 bits per heavy atom. The Kier molecular flexibility index (Phi) is 4.45. The van der Waals surface area contributed by atoms with Crippen LogP contribution in [-0.4, -0.2) is 47.1 Å². The highest BCUT2D eigenvalue weighted by atomic mass is 19.3. The van der Waals surface area contributed by atoms with Gasteiger partial charge >= 0.3 is 12.0 Å². The van der Waals surface area contributed by atoms with Crippen LogP contribution in [0.15, 0.2) is 0 Å². The number of carbonyl (C=O) groups excluding carboxylic acids is 1. The molecule has 0 radical (unpaired) electrons. The first-order valence-corrected chi connectivity index (χ1v) is 7.03. The molecule has 1 heterocycles. The summed E-state index contributed by atoms with van der Waals surface area (Å²) in [7, 11) is 0. The number of alkyl halides is 2. The van der Waals surface area contributed by atoms with E-state index in [9.17, 15) is 18.4 Å². The van der Waals surface area contributed by atoms with Crippen LogP contribution in [0.4, 0.5) is 13.6 Å². The van der Waals surface area contributed by atoms with Gasteiger partial charge in [-0.3, -0.25) is 4.79 Å². The van der Waals surface area contributed by atoms with Crippen molar-refractivity contribution < 1.29 is 23.5 Å². The average molecular weight is 290 g/mol. The van der Waals surface area contributed by atoms with Crippen LogP contribution < -0.4 is 5.32 Å². The first kappa shape index (κ1) is 15.0. The fraction of sp³-hybridized carbons (Fsp3) is 0.846. The second-order valence-electron chi connectivity index (χ2n) is 5.70. The molecule has 1 aliphatic carbocycles. The molecule has 0 aromatic rings.